The molecule has 2 heteroatoms. The molecule has 1 atom stereocenters. The van der Waals surface area contributed by atoms with Gasteiger partial charge in [0.15, 0.2) is 0 Å². The van der Waals surface area contributed by atoms with Crippen molar-refractivity contribution in [1.29, 1.82) is 0 Å². The van der Waals surface area contributed by atoms with Crippen molar-refractivity contribution in [2.75, 3.05) is 0 Å². The van der Waals surface area contributed by atoms with Gasteiger partial charge in [0.05, 0.1) is 5.38 Å². The van der Waals surface area contributed by atoms with Crippen LogP contribution in [0.1, 0.15) is 37.4 Å². The lowest BCUT2D eigenvalue weighted by Crippen LogP contribution is -2.07. The topological polar surface area (TPSA) is 0 Å². The molecule has 0 spiro atoms. The van der Waals surface area contributed by atoms with Crippen LogP contribution in [0.25, 0.3) is 0 Å². The highest BCUT2D eigenvalue weighted by Gasteiger charge is 2.18. The maximum absolute atomic E-state index is 6.24. The number of halogens is 1. The summed E-state index contributed by atoms with van der Waals surface area (Å²) in [5.41, 5.74) is 0.316. The zero-order chi connectivity index (χ0) is 9.19. The van der Waals surface area contributed by atoms with E-state index in [1.807, 2.05) is 0 Å². The van der Waals surface area contributed by atoms with Crippen molar-refractivity contribution < 1.29 is 0 Å². The Balaban J connectivity index is 2.56. The van der Waals surface area contributed by atoms with E-state index in [1.54, 1.807) is 11.3 Å². The van der Waals surface area contributed by atoms with E-state index in [-0.39, 0.29) is 5.38 Å². The molecule has 0 aliphatic heterocycles. The van der Waals surface area contributed by atoms with Gasteiger partial charge in [-0.2, -0.15) is 0 Å². The molecule has 0 fully saturated rings. The molecule has 1 unspecified atom stereocenters. The van der Waals surface area contributed by atoms with E-state index in [0.717, 1.165) is 6.42 Å². The van der Waals surface area contributed by atoms with Crippen molar-refractivity contribution in [3.63, 3.8) is 0 Å². The lowest BCUT2D eigenvalue weighted by molar-refractivity contribution is 0.374. The van der Waals surface area contributed by atoms with Crippen molar-refractivity contribution >= 4 is 22.9 Å². The van der Waals surface area contributed by atoms with Gasteiger partial charge in [-0.25, -0.2) is 0 Å². The van der Waals surface area contributed by atoms with Crippen LogP contribution in [0, 0.1) is 5.41 Å². The third kappa shape index (κ3) is 3.16. The zero-order valence-corrected chi connectivity index (χ0v) is 9.38. The van der Waals surface area contributed by atoms with Crippen LogP contribution in [0.5, 0.6) is 0 Å². The zero-order valence-electron chi connectivity index (χ0n) is 7.80. The summed E-state index contributed by atoms with van der Waals surface area (Å²) in [6.45, 7) is 6.65. The van der Waals surface area contributed by atoms with Crippen molar-refractivity contribution in [3.05, 3.63) is 22.4 Å². The Kier molecular flexibility index (Phi) is 3.19. The molecule has 0 N–H and O–H groups in total. The molecule has 1 rings (SSSR count). The third-order valence-corrected chi connectivity index (χ3v) is 3.15. The van der Waals surface area contributed by atoms with Crippen LogP contribution in [0.4, 0.5) is 0 Å². The first-order valence-corrected chi connectivity index (χ1v) is 5.48. The van der Waals surface area contributed by atoms with Crippen molar-refractivity contribution in [3.8, 4) is 0 Å². The number of alkyl halides is 1. The minimum atomic E-state index is 0.185. The molecule has 68 valence electrons. The molecule has 0 aliphatic carbocycles. The SMILES string of the molecule is CC(C)(C)CC(Cl)c1cccs1. The summed E-state index contributed by atoms with van der Waals surface area (Å²) in [6.07, 6.45) is 1.04. The predicted octanol–water partition coefficient (Wildman–Crippen LogP) is 4.46. The van der Waals surface area contributed by atoms with E-state index in [1.165, 1.54) is 4.88 Å². The number of hydrogen-bond donors (Lipinski definition) is 0. The predicted molar refractivity (Wildman–Crippen MR) is 57.0 cm³/mol. The minimum Gasteiger partial charge on any atom is -0.147 e. The quantitative estimate of drug-likeness (QED) is 0.621. The van der Waals surface area contributed by atoms with Crippen LogP contribution < -0.4 is 0 Å². The molecule has 0 aliphatic rings. The summed E-state index contributed by atoms with van der Waals surface area (Å²) in [7, 11) is 0. The summed E-state index contributed by atoms with van der Waals surface area (Å²) in [5.74, 6) is 0. The fraction of sp³-hybridized carbons (Fsp3) is 0.600. The second kappa shape index (κ2) is 3.80. The largest absolute Gasteiger partial charge is 0.147 e. The van der Waals surface area contributed by atoms with Crippen LogP contribution in [0.3, 0.4) is 0 Å². The maximum atomic E-state index is 6.24. The Morgan fingerprint density at radius 2 is 2.17 bits per heavy atom. The van der Waals surface area contributed by atoms with Gasteiger partial charge in [0.1, 0.15) is 0 Å². The molecule has 1 heterocycles. The van der Waals surface area contributed by atoms with Gasteiger partial charge < -0.3 is 0 Å². The standard InChI is InChI=1S/C10H15ClS/c1-10(2,3)7-8(11)9-5-4-6-12-9/h4-6,8H,7H2,1-3H3. The minimum absolute atomic E-state index is 0.185. The van der Waals surface area contributed by atoms with Gasteiger partial charge >= 0.3 is 0 Å². The van der Waals surface area contributed by atoms with E-state index < -0.39 is 0 Å². The molecule has 12 heavy (non-hydrogen) atoms. The van der Waals surface area contributed by atoms with E-state index in [9.17, 15) is 0 Å². The van der Waals surface area contributed by atoms with Gasteiger partial charge in [0.25, 0.3) is 0 Å². The van der Waals surface area contributed by atoms with Crippen molar-refractivity contribution in [1.82, 2.24) is 0 Å². The summed E-state index contributed by atoms with van der Waals surface area (Å²) in [4.78, 5) is 1.28. The fourth-order valence-corrected chi connectivity index (χ4v) is 2.50. The third-order valence-electron chi connectivity index (χ3n) is 1.64. The number of rotatable bonds is 2. The van der Waals surface area contributed by atoms with Crippen LogP contribution >= 0.6 is 22.9 Å². The van der Waals surface area contributed by atoms with Gasteiger partial charge in [-0.15, -0.1) is 22.9 Å². The van der Waals surface area contributed by atoms with Crippen LogP contribution in [-0.4, -0.2) is 0 Å². The smallest absolute Gasteiger partial charge is 0.0683 e. The lowest BCUT2D eigenvalue weighted by Gasteiger charge is -2.20. The average Bonchev–Trinajstić information content (AvgIpc) is 2.32. The highest BCUT2D eigenvalue weighted by molar-refractivity contribution is 7.10. The summed E-state index contributed by atoms with van der Waals surface area (Å²) in [5, 5.41) is 2.26. The van der Waals surface area contributed by atoms with Crippen LogP contribution in [-0.2, 0) is 0 Å². The van der Waals surface area contributed by atoms with Gasteiger partial charge in [0.2, 0.25) is 0 Å². The second-order valence-electron chi connectivity index (χ2n) is 4.25. The van der Waals surface area contributed by atoms with E-state index in [4.69, 9.17) is 11.6 Å². The normalized spacial score (nSPS) is 14.7. The van der Waals surface area contributed by atoms with Gasteiger partial charge in [-0.1, -0.05) is 26.8 Å². The van der Waals surface area contributed by atoms with Gasteiger partial charge in [-0.05, 0) is 23.3 Å². The summed E-state index contributed by atoms with van der Waals surface area (Å²) >= 11 is 7.98. The number of hydrogen-bond acceptors (Lipinski definition) is 1. The first kappa shape index (κ1) is 10.1. The first-order chi connectivity index (χ1) is 5.49. The average molecular weight is 203 g/mol. The molecule has 0 saturated carbocycles. The molecule has 0 bridgehead atoms. The van der Waals surface area contributed by atoms with Crippen LogP contribution in [0.2, 0.25) is 0 Å². The molecular weight excluding hydrogens is 188 g/mol. The Bertz CT molecular complexity index is 220. The summed E-state index contributed by atoms with van der Waals surface area (Å²) < 4.78 is 0. The van der Waals surface area contributed by atoms with Crippen LogP contribution in [0.15, 0.2) is 17.5 Å². The van der Waals surface area contributed by atoms with E-state index >= 15 is 0 Å². The van der Waals surface area contributed by atoms with E-state index in [0.29, 0.717) is 5.41 Å². The van der Waals surface area contributed by atoms with Crippen molar-refractivity contribution in [2.24, 2.45) is 5.41 Å². The lowest BCUT2D eigenvalue weighted by atomic mass is 9.90. The summed E-state index contributed by atoms with van der Waals surface area (Å²) in [6, 6.07) is 4.16. The molecule has 0 saturated heterocycles. The monoisotopic (exact) mass is 202 g/mol. The maximum Gasteiger partial charge on any atom is 0.0683 e. The first-order valence-electron chi connectivity index (χ1n) is 4.16. The van der Waals surface area contributed by atoms with E-state index in [2.05, 4.69) is 38.3 Å². The van der Waals surface area contributed by atoms with Gasteiger partial charge in [-0.3, -0.25) is 0 Å². The highest BCUT2D eigenvalue weighted by atomic mass is 35.5. The Morgan fingerprint density at radius 1 is 1.50 bits per heavy atom. The Labute approximate surface area is 83.6 Å². The fourth-order valence-electron chi connectivity index (χ4n) is 1.11. The molecular formula is C10H15ClS. The highest BCUT2D eigenvalue weighted by Crippen LogP contribution is 2.35. The molecule has 0 amide bonds. The Morgan fingerprint density at radius 3 is 2.58 bits per heavy atom. The number of thiophene rings is 1. The molecule has 1 aromatic rings. The molecule has 0 nitrogen and oxygen atoms in total. The molecule has 1 aromatic heterocycles. The van der Waals surface area contributed by atoms with Gasteiger partial charge in [0, 0.05) is 4.88 Å². The Hall–Kier alpha value is -0.0100. The van der Waals surface area contributed by atoms with Crippen molar-refractivity contribution in [2.45, 2.75) is 32.6 Å². The molecule has 0 aromatic carbocycles. The second-order valence-corrected chi connectivity index (χ2v) is 5.75. The molecule has 0 radical (unpaired) electrons.